The molecule has 0 radical (unpaired) electrons. The summed E-state index contributed by atoms with van der Waals surface area (Å²) < 4.78 is 0. The summed E-state index contributed by atoms with van der Waals surface area (Å²) in [5.41, 5.74) is 3.21. The van der Waals surface area contributed by atoms with Crippen LogP contribution >= 0.6 is 23.4 Å². The van der Waals surface area contributed by atoms with Gasteiger partial charge in [-0.05, 0) is 49.1 Å². The first-order valence-electron chi connectivity index (χ1n) is 9.09. The highest BCUT2D eigenvalue weighted by molar-refractivity contribution is 7.99. The van der Waals surface area contributed by atoms with Crippen molar-refractivity contribution in [1.82, 2.24) is 15.4 Å². The first-order chi connectivity index (χ1) is 13.6. The number of benzene rings is 2. The molecule has 1 fully saturated rings. The van der Waals surface area contributed by atoms with E-state index in [1.54, 1.807) is 0 Å². The predicted molar refractivity (Wildman–Crippen MR) is 110 cm³/mol. The highest BCUT2D eigenvalue weighted by Crippen LogP contribution is 2.35. The molecule has 0 bridgehead atoms. The number of nitrogens with zero attached hydrogens (tertiary/aromatic N) is 3. The molecule has 1 aromatic heterocycles. The van der Waals surface area contributed by atoms with Crippen molar-refractivity contribution in [3.8, 4) is 11.1 Å². The molecular formula is C20H19ClN4O2S. The second-order valence-corrected chi connectivity index (χ2v) is 8.10. The van der Waals surface area contributed by atoms with Crippen LogP contribution in [0.2, 0.25) is 5.02 Å². The third kappa shape index (κ3) is 4.00. The fourth-order valence-corrected chi connectivity index (χ4v) is 4.55. The zero-order valence-electron chi connectivity index (χ0n) is 15.1. The van der Waals surface area contributed by atoms with E-state index >= 15 is 0 Å². The van der Waals surface area contributed by atoms with Gasteiger partial charge in [-0.2, -0.15) is 0 Å². The van der Waals surface area contributed by atoms with Crippen LogP contribution in [0.4, 0.5) is 5.69 Å². The fourth-order valence-electron chi connectivity index (χ4n) is 3.34. The van der Waals surface area contributed by atoms with Gasteiger partial charge in [-0.15, -0.1) is 5.10 Å². The summed E-state index contributed by atoms with van der Waals surface area (Å²) in [7, 11) is 0. The molecule has 2 heterocycles. The molecule has 3 aromatic rings. The van der Waals surface area contributed by atoms with Crippen molar-refractivity contribution in [3.05, 3.63) is 53.2 Å². The van der Waals surface area contributed by atoms with Crippen molar-refractivity contribution in [2.75, 3.05) is 18.0 Å². The predicted octanol–water partition coefficient (Wildman–Crippen LogP) is 4.96. The van der Waals surface area contributed by atoms with Crippen molar-refractivity contribution in [2.45, 2.75) is 29.2 Å². The molecular weight excluding hydrogens is 396 g/mol. The average Bonchev–Trinajstić information content (AvgIpc) is 3.17. The number of halogens is 1. The third-order valence-corrected chi connectivity index (χ3v) is 6.07. The molecule has 4 rings (SSSR count). The molecule has 1 aliphatic rings. The summed E-state index contributed by atoms with van der Waals surface area (Å²) in [6.45, 7) is 2.23. The Bertz CT molecular complexity index is 984. The van der Waals surface area contributed by atoms with Gasteiger partial charge < -0.3 is 10.0 Å². The van der Waals surface area contributed by atoms with Crippen LogP contribution in [0.1, 0.15) is 29.8 Å². The van der Waals surface area contributed by atoms with E-state index in [-0.39, 0.29) is 5.69 Å². The lowest BCUT2D eigenvalue weighted by atomic mass is 10.0. The molecule has 2 aromatic carbocycles. The summed E-state index contributed by atoms with van der Waals surface area (Å²) in [5, 5.41) is 19.8. The van der Waals surface area contributed by atoms with E-state index in [0.717, 1.165) is 29.1 Å². The van der Waals surface area contributed by atoms with Gasteiger partial charge >= 0.3 is 5.97 Å². The Morgan fingerprint density at radius 1 is 1.11 bits per heavy atom. The number of rotatable bonds is 5. The van der Waals surface area contributed by atoms with Crippen LogP contribution < -0.4 is 4.90 Å². The Kier molecular flexibility index (Phi) is 5.54. The lowest BCUT2D eigenvalue weighted by Crippen LogP contribution is -2.29. The minimum Gasteiger partial charge on any atom is -0.476 e. The van der Waals surface area contributed by atoms with Crippen molar-refractivity contribution >= 4 is 35.0 Å². The molecule has 2 N–H and O–H groups in total. The summed E-state index contributed by atoms with van der Waals surface area (Å²) >= 11 is 7.72. The molecule has 0 atom stereocenters. The standard InChI is InChI=1S/C20H19ClN4O2S/c21-17-12-15(28-19-18(20(26)27)22-24-23-19)8-9-16(17)13-4-6-14(7-5-13)25-10-2-1-3-11-25/h4-9,12H,1-3,10-11H2,(H,26,27)(H,22,23,24). The highest BCUT2D eigenvalue weighted by Gasteiger charge is 2.16. The lowest BCUT2D eigenvalue weighted by molar-refractivity contribution is 0.0686. The normalized spacial score (nSPS) is 14.2. The van der Waals surface area contributed by atoms with E-state index in [0.29, 0.717) is 10.0 Å². The van der Waals surface area contributed by atoms with E-state index in [1.807, 2.05) is 18.2 Å². The van der Waals surface area contributed by atoms with Gasteiger partial charge in [-0.25, -0.2) is 4.79 Å². The molecule has 8 heteroatoms. The number of aromatic amines is 1. The van der Waals surface area contributed by atoms with Crippen LogP contribution in [-0.4, -0.2) is 39.6 Å². The summed E-state index contributed by atoms with van der Waals surface area (Å²) in [4.78, 5) is 14.4. The Labute approximate surface area is 171 Å². The third-order valence-electron chi connectivity index (χ3n) is 4.78. The number of hydrogen-bond acceptors (Lipinski definition) is 5. The zero-order chi connectivity index (χ0) is 19.5. The second-order valence-electron chi connectivity index (χ2n) is 6.64. The van der Waals surface area contributed by atoms with Gasteiger partial charge in [0.05, 0.1) is 0 Å². The van der Waals surface area contributed by atoms with E-state index in [2.05, 4.69) is 44.6 Å². The van der Waals surface area contributed by atoms with E-state index in [9.17, 15) is 4.79 Å². The maximum atomic E-state index is 11.2. The molecule has 28 heavy (non-hydrogen) atoms. The number of hydrogen-bond donors (Lipinski definition) is 2. The van der Waals surface area contributed by atoms with Gasteiger partial charge in [0, 0.05) is 34.3 Å². The van der Waals surface area contributed by atoms with Crippen molar-refractivity contribution < 1.29 is 9.90 Å². The zero-order valence-corrected chi connectivity index (χ0v) is 16.6. The molecule has 1 saturated heterocycles. The smallest absolute Gasteiger partial charge is 0.356 e. The van der Waals surface area contributed by atoms with Crippen LogP contribution in [0.25, 0.3) is 11.1 Å². The SMILES string of the molecule is O=C(O)c1[nH]nnc1Sc1ccc(-c2ccc(N3CCCCC3)cc2)c(Cl)c1. The molecule has 0 amide bonds. The summed E-state index contributed by atoms with van der Waals surface area (Å²) in [6.07, 6.45) is 3.82. The fraction of sp³-hybridized carbons (Fsp3) is 0.250. The first-order valence-corrected chi connectivity index (χ1v) is 10.3. The number of piperidine rings is 1. The molecule has 0 unspecified atom stereocenters. The molecule has 0 saturated carbocycles. The summed E-state index contributed by atoms with van der Waals surface area (Å²) in [6, 6.07) is 14.2. The topological polar surface area (TPSA) is 82.1 Å². The number of nitrogens with one attached hydrogen (secondary N) is 1. The van der Waals surface area contributed by atoms with Gasteiger partial charge in [0.25, 0.3) is 0 Å². The van der Waals surface area contributed by atoms with Gasteiger partial charge in [-0.3, -0.25) is 5.10 Å². The lowest BCUT2D eigenvalue weighted by Gasteiger charge is -2.28. The number of aromatic nitrogens is 3. The number of aromatic carboxylic acids is 1. The largest absolute Gasteiger partial charge is 0.476 e. The Balaban J connectivity index is 1.52. The minimum atomic E-state index is -1.09. The Morgan fingerprint density at radius 2 is 1.86 bits per heavy atom. The van der Waals surface area contributed by atoms with Crippen molar-refractivity contribution in [3.63, 3.8) is 0 Å². The Morgan fingerprint density at radius 3 is 2.54 bits per heavy atom. The average molecular weight is 415 g/mol. The van der Waals surface area contributed by atoms with Crippen LogP contribution in [0.15, 0.2) is 52.4 Å². The summed E-state index contributed by atoms with van der Waals surface area (Å²) in [5.74, 6) is -1.09. The highest BCUT2D eigenvalue weighted by atomic mass is 35.5. The number of carboxylic acids is 1. The van der Waals surface area contributed by atoms with Gasteiger partial charge in [0.1, 0.15) is 0 Å². The van der Waals surface area contributed by atoms with Crippen molar-refractivity contribution in [2.24, 2.45) is 0 Å². The number of carbonyl (C=O) groups is 1. The quantitative estimate of drug-likeness (QED) is 0.613. The first kappa shape index (κ1) is 18.8. The van der Waals surface area contributed by atoms with E-state index in [1.165, 1.54) is 36.7 Å². The monoisotopic (exact) mass is 414 g/mol. The maximum absolute atomic E-state index is 11.2. The van der Waals surface area contributed by atoms with Crippen LogP contribution in [-0.2, 0) is 0 Å². The van der Waals surface area contributed by atoms with Crippen LogP contribution in [0, 0.1) is 0 Å². The maximum Gasteiger partial charge on any atom is 0.356 e. The number of carboxylic acid groups (broad SMARTS) is 1. The van der Waals surface area contributed by atoms with Gasteiger partial charge in [0.2, 0.25) is 0 Å². The number of H-pyrrole nitrogens is 1. The van der Waals surface area contributed by atoms with Crippen LogP contribution in [0.3, 0.4) is 0 Å². The Hall–Kier alpha value is -2.51. The van der Waals surface area contributed by atoms with E-state index < -0.39 is 5.97 Å². The molecule has 1 aliphatic heterocycles. The van der Waals surface area contributed by atoms with Gasteiger partial charge in [-0.1, -0.05) is 46.8 Å². The molecule has 0 aliphatic carbocycles. The number of anilines is 1. The van der Waals surface area contributed by atoms with E-state index in [4.69, 9.17) is 16.7 Å². The molecule has 6 nitrogen and oxygen atoms in total. The van der Waals surface area contributed by atoms with Crippen LogP contribution in [0.5, 0.6) is 0 Å². The van der Waals surface area contributed by atoms with Crippen molar-refractivity contribution in [1.29, 1.82) is 0 Å². The van der Waals surface area contributed by atoms with Gasteiger partial charge in [0.15, 0.2) is 10.7 Å². The second kappa shape index (κ2) is 8.24. The molecule has 0 spiro atoms. The minimum absolute atomic E-state index is 0.0292. The molecule has 144 valence electrons.